The maximum atomic E-state index is 10.8. The quantitative estimate of drug-likeness (QED) is 0.635. The summed E-state index contributed by atoms with van der Waals surface area (Å²) in [6, 6.07) is 4.21. The average Bonchev–Trinajstić information content (AvgIpc) is 2.72. The fourth-order valence-corrected chi connectivity index (χ4v) is 2.21. The molecule has 1 aromatic heterocycles. The number of ether oxygens (including phenoxy) is 1. The van der Waals surface area contributed by atoms with Crippen LogP contribution in [0.5, 0.6) is 5.75 Å². The topological polar surface area (TPSA) is 65.3 Å². The number of aryl methyl sites for hydroxylation is 1. The summed E-state index contributed by atoms with van der Waals surface area (Å²) in [5, 5.41) is 13.9. The fraction of sp³-hybridized carbons (Fsp3) is 0.182. The third-order valence-electron chi connectivity index (χ3n) is 2.14. The van der Waals surface area contributed by atoms with Crippen LogP contribution in [-0.4, -0.2) is 9.91 Å². The van der Waals surface area contributed by atoms with Gasteiger partial charge in [-0.25, -0.2) is 4.98 Å². The van der Waals surface area contributed by atoms with Crippen LogP contribution < -0.4 is 4.74 Å². The molecule has 94 valence electrons. The van der Waals surface area contributed by atoms with Crippen molar-refractivity contribution in [2.24, 2.45) is 0 Å². The third kappa shape index (κ3) is 2.96. The van der Waals surface area contributed by atoms with Crippen molar-refractivity contribution in [2.75, 3.05) is 0 Å². The highest BCUT2D eigenvalue weighted by atomic mass is 35.5. The summed E-state index contributed by atoms with van der Waals surface area (Å²) in [4.78, 5) is 14.5. The lowest BCUT2D eigenvalue weighted by Gasteiger charge is -2.05. The normalized spacial score (nSPS) is 10.3. The fourth-order valence-electron chi connectivity index (χ4n) is 1.36. The van der Waals surface area contributed by atoms with E-state index in [0.717, 1.165) is 10.7 Å². The molecule has 5 nitrogen and oxygen atoms in total. The number of nitrogens with zero attached hydrogens (tertiary/aromatic N) is 2. The molecule has 0 amide bonds. The van der Waals surface area contributed by atoms with E-state index in [0.29, 0.717) is 5.02 Å². The van der Waals surface area contributed by atoms with Crippen LogP contribution in [0.25, 0.3) is 0 Å². The van der Waals surface area contributed by atoms with Crippen LogP contribution in [0.15, 0.2) is 23.6 Å². The molecule has 2 aromatic rings. The number of hydrogen-bond donors (Lipinski definition) is 0. The standard InChI is InChI=1S/C11H9ClN2O3S/c1-7-6-18-11(13-7)5-17-10-4-8(12)2-3-9(10)14(15)16/h2-4,6H,5H2,1H3. The third-order valence-corrected chi connectivity index (χ3v) is 3.31. The number of halogens is 1. The SMILES string of the molecule is Cc1csc(COc2cc(Cl)ccc2[N+](=O)[O-])n1. The predicted octanol–water partition coefficient (Wildman–Crippen LogP) is 3.59. The highest BCUT2D eigenvalue weighted by molar-refractivity contribution is 7.09. The summed E-state index contributed by atoms with van der Waals surface area (Å²) in [5.41, 5.74) is 0.798. The van der Waals surface area contributed by atoms with Gasteiger partial charge >= 0.3 is 5.69 Å². The van der Waals surface area contributed by atoms with Crippen molar-refractivity contribution >= 4 is 28.6 Å². The average molecular weight is 285 g/mol. The lowest BCUT2D eigenvalue weighted by molar-refractivity contribution is -0.385. The van der Waals surface area contributed by atoms with E-state index >= 15 is 0 Å². The van der Waals surface area contributed by atoms with Gasteiger partial charge in [-0.2, -0.15) is 0 Å². The van der Waals surface area contributed by atoms with Gasteiger partial charge in [0, 0.05) is 28.2 Å². The molecule has 0 fully saturated rings. The van der Waals surface area contributed by atoms with E-state index in [2.05, 4.69) is 4.98 Å². The summed E-state index contributed by atoms with van der Waals surface area (Å²) < 4.78 is 5.40. The molecular formula is C11H9ClN2O3S. The Kier molecular flexibility index (Phi) is 3.78. The van der Waals surface area contributed by atoms with Crippen LogP contribution in [0.2, 0.25) is 5.02 Å². The van der Waals surface area contributed by atoms with Crippen molar-refractivity contribution in [3.63, 3.8) is 0 Å². The lowest BCUT2D eigenvalue weighted by atomic mass is 10.3. The number of hydrogen-bond acceptors (Lipinski definition) is 5. The molecule has 1 heterocycles. The number of thiazole rings is 1. The van der Waals surface area contributed by atoms with E-state index in [1.54, 1.807) is 0 Å². The summed E-state index contributed by atoms with van der Waals surface area (Å²) >= 11 is 7.24. The molecule has 0 bridgehead atoms. The van der Waals surface area contributed by atoms with Crippen LogP contribution >= 0.6 is 22.9 Å². The Morgan fingerprint density at radius 3 is 2.94 bits per heavy atom. The minimum absolute atomic E-state index is 0.104. The van der Waals surface area contributed by atoms with Gasteiger partial charge < -0.3 is 4.74 Å². The Balaban J connectivity index is 2.17. The number of rotatable bonds is 4. The lowest BCUT2D eigenvalue weighted by Crippen LogP contribution is -1.99. The van der Waals surface area contributed by atoms with Crippen molar-refractivity contribution in [3.05, 3.63) is 49.4 Å². The van der Waals surface area contributed by atoms with Gasteiger partial charge in [0.15, 0.2) is 5.75 Å². The zero-order valence-corrected chi connectivity index (χ0v) is 11.0. The van der Waals surface area contributed by atoms with Crippen LogP contribution in [-0.2, 0) is 6.61 Å². The van der Waals surface area contributed by atoms with Crippen LogP contribution in [0.3, 0.4) is 0 Å². The molecular weight excluding hydrogens is 276 g/mol. The van der Waals surface area contributed by atoms with Crippen molar-refractivity contribution in [1.29, 1.82) is 0 Å². The zero-order valence-electron chi connectivity index (χ0n) is 9.42. The molecule has 0 atom stereocenters. The van der Waals surface area contributed by atoms with Crippen LogP contribution in [0.4, 0.5) is 5.69 Å². The van der Waals surface area contributed by atoms with Crippen molar-refractivity contribution in [2.45, 2.75) is 13.5 Å². The van der Waals surface area contributed by atoms with Crippen LogP contribution in [0.1, 0.15) is 10.7 Å². The van der Waals surface area contributed by atoms with Crippen molar-refractivity contribution < 1.29 is 9.66 Å². The van der Waals surface area contributed by atoms with Gasteiger partial charge in [-0.3, -0.25) is 10.1 Å². The van der Waals surface area contributed by atoms with Gasteiger partial charge in [0.05, 0.1) is 4.92 Å². The van der Waals surface area contributed by atoms with Gasteiger partial charge in [0.1, 0.15) is 11.6 Å². The Bertz CT molecular complexity index is 585. The maximum Gasteiger partial charge on any atom is 0.311 e. The Hall–Kier alpha value is -1.66. The van der Waals surface area contributed by atoms with E-state index < -0.39 is 4.92 Å². The molecule has 0 saturated heterocycles. The Morgan fingerprint density at radius 2 is 2.33 bits per heavy atom. The number of nitro benzene ring substituents is 1. The Labute approximate surface area is 112 Å². The number of benzene rings is 1. The smallest absolute Gasteiger partial charge is 0.311 e. The van der Waals surface area contributed by atoms with Gasteiger partial charge in [-0.1, -0.05) is 11.6 Å². The van der Waals surface area contributed by atoms with E-state index in [1.807, 2.05) is 12.3 Å². The van der Waals surface area contributed by atoms with Gasteiger partial charge in [-0.15, -0.1) is 11.3 Å². The predicted molar refractivity (Wildman–Crippen MR) is 69.3 cm³/mol. The van der Waals surface area contributed by atoms with E-state index in [1.165, 1.54) is 29.5 Å². The second-order valence-electron chi connectivity index (χ2n) is 3.54. The highest BCUT2D eigenvalue weighted by Gasteiger charge is 2.15. The first kappa shape index (κ1) is 12.8. The van der Waals surface area contributed by atoms with E-state index in [4.69, 9.17) is 16.3 Å². The number of aromatic nitrogens is 1. The Morgan fingerprint density at radius 1 is 1.56 bits per heavy atom. The molecule has 0 radical (unpaired) electrons. The summed E-state index contributed by atoms with van der Waals surface area (Å²) in [6.45, 7) is 2.07. The molecule has 0 aliphatic heterocycles. The molecule has 7 heteroatoms. The molecule has 0 aliphatic carbocycles. The maximum absolute atomic E-state index is 10.8. The van der Waals surface area contributed by atoms with Gasteiger partial charge in [0.2, 0.25) is 0 Å². The monoisotopic (exact) mass is 284 g/mol. The van der Waals surface area contributed by atoms with Crippen molar-refractivity contribution in [1.82, 2.24) is 4.98 Å². The molecule has 0 aliphatic rings. The van der Waals surface area contributed by atoms with Crippen LogP contribution in [0, 0.1) is 17.0 Å². The van der Waals surface area contributed by atoms with E-state index in [-0.39, 0.29) is 18.0 Å². The molecule has 0 saturated carbocycles. The summed E-state index contributed by atoms with van der Waals surface area (Å²) in [5.74, 6) is 0.153. The second-order valence-corrected chi connectivity index (χ2v) is 4.92. The highest BCUT2D eigenvalue weighted by Crippen LogP contribution is 2.30. The van der Waals surface area contributed by atoms with Crippen molar-refractivity contribution in [3.8, 4) is 5.75 Å². The van der Waals surface area contributed by atoms with E-state index in [9.17, 15) is 10.1 Å². The molecule has 2 rings (SSSR count). The molecule has 1 aromatic carbocycles. The molecule has 0 N–H and O–H groups in total. The first-order chi connectivity index (χ1) is 8.56. The molecule has 18 heavy (non-hydrogen) atoms. The minimum atomic E-state index is -0.501. The van der Waals surface area contributed by atoms with Gasteiger partial charge in [-0.05, 0) is 13.0 Å². The number of nitro groups is 1. The minimum Gasteiger partial charge on any atom is -0.479 e. The first-order valence-electron chi connectivity index (χ1n) is 5.04. The summed E-state index contributed by atoms with van der Waals surface area (Å²) in [6.07, 6.45) is 0. The first-order valence-corrected chi connectivity index (χ1v) is 6.30. The largest absolute Gasteiger partial charge is 0.479 e. The molecule has 0 unspecified atom stereocenters. The zero-order chi connectivity index (χ0) is 13.1. The van der Waals surface area contributed by atoms with Gasteiger partial charge in [0.25, 0.3) is 0 Å². The molecule has 0 spiro atoms. The summed E-state index contributed by atoms with van der Waals surface area (Å²) in [7, 11) is 0. The second kappa shape index (κ2) is 5.32.